The van der Waals surface area contributed by atoms with Gasteiger partial charge in [-0.05, 0) is 42.0 Å². The SMILES string of the molecule is COc1ccc(CNC(=O)C(=O)Nc2ccc(C#N)cc2)cc1. The number of methoxy groups -OCH3 is 1. The number of benzene rings is 2. The third-order valence-electron chi connectivity index (χ3n) is 3.09. The van der Waals surface area contributed by atoms with Gasteiger partial charge in [-0.1, -0.05) is 12.1 Å². The van der Waals surface area contributed by atoms with Crippen molar-refractivity contribution in [3.63, 3.8) is 0 Å². The van der Waals surface area contributed by atoms with Crippen LogP contribution in [0.1, 0.15) is 11.1 Å². The summed E-state index contributed by atoms with van der Waals surface area (Å²) in [5.41, 5.74) is 1.78. The molecule has 2 aromatic carbocycles. The van der Waals surface area contributed by atoms with Crippen LogP contribution in [0.4, 0.5) is 5.69 Å². The molecule has 0 aliphatic carbocycles. The van der Waals surface area contributed by atoms with Crippen molar-refractivity contribution in [2.45, 2.75) is 6.54 Å². The first-order valence-corrected chi connectivity index (χ1v) is 6.84. The smallest absolute Gasteiger partial charge is 0.313 e. The van der Waals surface area contributed by atoms with Gasteiger partial charge in [0, 0.05) is 12.2 Å². The van der Waals surface area contributed by atoms with Crippen molar-refractivity contribution in [2.24, 2.45) is 0 Å². The van der Waals surface area contributed by atoms with Crippen LogP contribution in [0.25, 0.3) is 0 Å². The molecule has 0 spiro atoms. The third kappa shape index (κ3) is 4.58. The number of carbonyl (C=O) groups is 2. The Hall–Kier alpha value is -3.33. The topological polar surface area (TPSA) is 91.2 Å². The molecule has 2 rings (SSSR count). The zero-order valence-electron chi connectivity index (χ0n) is 12.5. The molecule has 6 nitrogen and oxygen atoms in total. The minimum Gasteiger partial charge on any atom is -0.497 e. The van der Waals surface area contributed by atoms with Crippen LogP contribution < -0.4 is 15.4 Å². The van der Waals surface area contributed by atoms with E-state index in [1.165, 1.54) is 0 Å². The summed E-state index contributed by atoms with van der Waals surface area (Å²) in [6.45, 7) is 0.240. The molecule has 2 aromatic rings. The molecule has 0 radical (unpaired) electrons. The van der Waals surface area contributed by atoms with Crippen LogP contribution in [0.2, 0.25) is 0 Å². The number of carbonyl (C=O) groups excluding carboxylic acids is 2. The lowest BCUT2D eigenvalue weighted by atomic mass is 10.2. The highest BCUT2D eigenvalue weighted by Gasteiger charge is 2.13. The van der Waals surface area contributed by atoms with Crippen molar-refractivity contribution >= 4 is 17.5 Å². The molecule has 0 saturated heterocycles. The predicted octanol–water partition coefficient (Wildman–Crippen LogP) is 1.82. The van der Waals surface area contributed by atoms with Crippen LogP contribution in [0.3, 0.4) is 0 Å². The monoisotopic (exact) mass is 309 g/mol. The number of nitrogens with zero attached hydrogens (tertiary/aromatic N) is 1. The molecule has 0 aliphatic rings. The molecule has 0 heterocycles. The minimum atomic E-state index is -0.761. The summed E-state index contributed by atoms with van der Waals surface area (Å²) in [7, 11) is 1.57. The number of nitrogens with one attached hydrogen (secondary N) is 2. The summed E-state index contributed by atoms with van der Waals surface area (Å²) in [6, 6.07) is 15.4. The Morgan fingerprint density at radius 2 is 1.70 bits per heavy atom. The molecule has 2 N–H and O–H groups in total. The van der Waals surface area contributed by atoms with E-state index in [9.17, 15) is 9.59 Å². The van der Waals surface area contributed by atoms with Gasteiger partial charge in [0.2, 0.25) is 0 Å². The molecule has 116 valence electrons. The molecular weight excluding hydrogens is 294 g/mol. The molecule has 0 aromatic heterocycles. The molecule has 0 unspecified atom stereocenters. The minimum absolute atomic E-state index is 0.240. The van der Waals surface area contributed by atoms with E-state index < -0.39 is 11.8 Å². The average Bonchev–Trinajstić information content (AvgIpc) is 2.60. The highest BCUT2D eigenvalue weighted by atomic mass is 16.5. The Morgan fingerprint density at radius 3 is 2.26 bits per heavy atom. The quantitative estimate of drug-likeness (QED) is 0.843. The summed E-state index contributed by atoms with van der Waals surface area (Å²) in [4.78, 5) is 23.5. The largest absolute Gasteiger partial charge is 0.497 e. The molecule has 6 heteroatoms. The summed E-state index contributed by atoms with van der Waals surface area (Å²) >= 11 is 0. The van der Waals surface area contributed by atoms with Crippen molar-refractivity contribution in [1.29, 1.82) is 5.26 Å². The number of rotatable bonds is 4. The van der Waals surface area contributed by atoms with Gasteiger partial charge in [0.05, 0.1) is 18.7 Å². The third-order valence-corrected chi connectivity index (χ3v) is 3.09. The number of ether oxygens (including phenoxy) is 1. The van der Waals surface area contributed by atoms with E-state index in [-0.39, 0.29) is 6.54 Å². The first-order chi connectivity index (χ1) is 11.1. The Kier molecular flexibility index (Phi) is 5.31. The van der Waals surface area contributed by atoms with Gasteiger partial charge in [-0.3, -0.25) is 9.59 Å². The van der Waals surface area contributed by atoms with E-state index in [1.807, 2.05) is 6.07 Å². The normalized spacial score (nSPS) is 9.57. The average molecular weight is 309 g/mol. The molecule has 2 amide bonds. The molecule has 23 heavy (non-hydrogen) atoms. The van der Waals surface area contributed by atoms with Gasteiger partial charge in [0.15, 0.2) is 0 Å². The fourth-order valence-corrected chi connectivity index (χ4v) is 1.82. The van der Waals surface area contributed by atoms with Crippen molar-refractivity contribution in [3.05, 3.63) is 59.7 Å². The lowest BCUT2D eigenvalue weighted by Gasteiger charge is -2.07. The van der Waals surface area contributed by atoms with Gasteiger partial charge in [-0.2, -0.15) is 5.26 Å². The van der Waals surface area contributed by atoms with Crippen LogP contribution in [-0.4, -0.2) is 18.9 Å². The maximum atomic E-state index is 11.8. The summed E-state index contributed by atoms with van der Waals surface area (Å²) in [5, 5.41) is 13.7. The highest BCUT2D eigenvalue weighted by molar-refractivity contribution is 6.39. The number of amides is 2. The van der Waals surface area contributed by atoms with Gasteiger partial charge in [0.1, 0.15) is 5.75 Å². The fraction of sp³-hybridized carbons (Fsp3) is 0.118. The lowest BCUT2D eigenvalue weighted by molar-refractivity contribution is -0.136. The van der Waals surface area contributed by atoms with E-state index in [2.05, 4.69) is 10.6 Å². The van der Waals surface area contributed by atoms with E-state index in [4.69, 9.17) is 10.00 Å². The number of hydrogen-bond donors (Lipinski definition) is 2. The first kappa shape index (κ1) is 16.0. The van der Waals surface area contributed by atoms with Crippen molar-refractivity contribution < 1.29 is 14.3 Å². The van der Waals surface area contributed by atoms with Crippen LogP contribution in [0.5, 0.6) is 5.75 Å². The Bertz CT molecular complexity index is 731. The number of anilines is 1. The van der Waals surface area contributed by atoms with Crippen LogP contribution in [-0.2, 0) is 16.1 Å². The molecular formula is C17H15N3O3. The zero-order chi connectivity index (χ0) is 16.7. The fourth-order valence-electron chi connectivity index (χ4n) is 1.82. The molecule has 0 atom stereocenters. The maximum absolute atomic E-state index is 11.8. The van der Waals surface area contributed by atoms with Gasteiger partial charge in [0.25, 0.3) is 0 Å². The predicted molar refractivity (Wildman–Crippen MR) is 84.6 cm³/mol. The van der Waals surface area contributed by atoms with E-state index >= 15 is 0 Å². The van der Waals surface area contributed by atoms with E-state index in [1.54, 1.807) is 55.6 Å². The summed E-state index contributed by atoms with van der Waals surface area (Å²) in [5.74, 6) is -0.771. The second-order valence-electron chi connectivity index (χ2n) is 4.67. The first-order valence-electron chi connectivity index (χ1n) is 6.84. The van der Waals surface area contributed by atoms with Crippen molar-refractivity contribution in [3.8, 4) is 11.8 Å². The van der Waals surface area contributed by atoms with Gasteiger partial charge < -0.3 is 15.4 Å². The van der Waals surface area contributed by atoms with Crippen molar-refractivity contribution in [1.82, 2.24) is 5.32 Å². The number of nitriles is 1. The maximum Gasteiger partial charge on any atom is 0.313 e. The van der Waals surface area contributed by atoms with E-state index in [0.29, 0.717) is 11.3 Å². The molecule has 0 bridgehead atoms. The Morgan fingerprint density at radius 1 is 1.04 bits per heavy atom. The van der Waals surface area contributed by atoms with Gasteiger partial charge in [-0.25, -0.2) is 0 Å². The molecule has 0 aliphatic heterocycles. The van der Waals surface area contributed by atoms with Gasteiger partial charge in [-0.15, -0.1) is 0 Å². The zero-order valence-corrected chi connectivity index (χ0v) is 12.5. The van der Waals surface area contributed by atoms with E-state index in [0.717, 1.165) is 11.3 Å². The Labute approximate surface area is 133 Å². The summed E-state index contributed by atoms with van der Waals surface area (Å²) < 4.78 is 5.04. The molecule has 0 saturated carbocycles. The van der Waals surface area contributed by atoms with Crippen LogP contribution in [0, 0.1) is 11.3 Å². The van der Waals surface area contributed by atoms with Crippen LogP contribution in [0.15, 0.2) is 48.5 Å². The number of hydrogen-bond acceptors (Lipinski definition) is 4. The standard InChI is InChI=1S/C17H15N3O3/c1-23-15-8-4-13(5-9-15)11-19-16(21)17(22)20-14-6-2-12(10-18)3-7-14/h2-9H,11H2,1H3,(H,19,21)(H,20,22). The second-order valence-corrected chi connectivity index (χ2v) is 4.67. The Balaban J connectivity index is 1.86. The van der Waals surface area contributed by atoms with Crippen LogP contribution >= 0.6 is 0 Å². The van der Waals surface area contributed by atoms with Crippen molar-refractivity contribution in [2.75, 3.05) is 12.4 Å². The summed E-state index contributed by atoms with van der Waals surface area (Å²) in [6.07, 6.45) is 0. The lowest BCUT2D eigenvalue weighted by Crippen LogP contribution is -2.34. The van der Waals surface area contributed by atoms with Gasteiger partial charge >= 0.3 is 11.8 Å². The molecule has 0 fully saturated rings. The highest BCUT2D eigenvalue weighted by Crippen LogP contribution is 2.11. The second kappa shape index (κ2) is 7.61.